The molecule has 0 amide bonds. The SMILES string of the molecule is c1ccc(-c2ccc(-c3ccccc3-c3c4ccccc4c(-c4cccc(-c5cccc(-c6c7ccccc7c(-c7ccc8ccccc8c7)c7ccccc67)c5)c4)c4ccccc34)cc2)cc1. The molecular formula is C68H44. The molecule has 0 nitrogen and oxygen atoms in total. The van der Waals surface area contributed by atoms with E-state index in [4.69, 9.17) is 0 Å². The van der Waals surface area contributed by atoms with Crippen molar-refractivity contribution in [2.24, 2.45) is 0 Å². The standard InChI is InChI=1S/C68H44/c1-2-18-45(19-3-1)47-36-39-48(40-37-47)55-26-6-7-27-56(55)68-63-34-14-12-32-61(63)66(62-33-13-15-35-64(62)68)53-25-17-23-51(44-53)50-22-16-24-52(43-50)65-57-28-8-10-30-59(57)67(60-31-11-9-29-58(60)65)54-41-38-46-20-4-5-21-49(46)42-54/h1-44H. The summed E-state index contributed by atoms with van der Waals surface area (Å²) in [6.45, 7) is 0. The van der Waals surface area contributed by atoms with Crippen LogP contribution in [0, 0.1) is 0 Å². The van der Waals surface area contributed by atoms with Crippen molar-refractivity contribution in [3.05, 3.63) is 267 Å². The first-order valence-electron chi connectivity index (χ1n) is 23.6. The van der Waals surface area contributed by atoms with Crippen LogP contribution in [0.2, 0.25) is 0 Å². The number of hydrogen-bond donors (Lipinski definition) is 0. The molecular weight excluding hydrogens is 817 g/mol. The van der Waals surface area contributed by atoms with Crippen LogP contribution in [-0.2, 0) is 0 Å². The van der Waals surface area contributed by atoms with Crippen molar-refractivity contribution in [2.75, 3.05) is 0 Å². The van der Waals surface area contributed by atoms with Crippen molar-refractivity contribution in [3.63, 3.8) is 0 Å². The smallest absolute Gasteiger partial charge is 0.00201 e. The highest BCUT2D eigenvalue weighted by Gasteiger charge is 2.21. The van der Waals surface area contributed by atoms with Crippen LogP contribution in [-0.4, -0.2) is 0 Å². The molecule has 0 saturated heterocycles. The van der Waals surface area contributed by atoms with Gasteiger partial charge >= 0.3 is 0 Å². The zero-order chi connectivity index (χ0) is 45.0. The van der Waals surface area contributed by atoms with Crippen LogP contribution in [0.5, 0.6) is 0 Å². The van der Waals surface area contributed by atoms with Crippen LogP contribution in [0.3, 0.4) is 0 Å². The molecule has 0 saturated carbocycles. The number of hydrogen-bond acceptors (Lipinski definition) is 0. The van der Waals surface area contributed by atoms with Gasteiger partial charge in [-0.05, 0) is 150 Å². The molecule has 13 aromatic rings. The topological polar surface area (TPSA) is 0 Å². The van der Waals surface area contributed by atoms with Crippen molar-refractivity contribution < 1.29 is 0 Å². The third-order valence-corrected chi connectivity index (χ3v) is 14.0. The van der Waals surface area contributed by atoms with Gasteiger partial charge in [0.2, 0.25) is 0 Å². The summed E-state index contributed by atoms with van der Waals surface area (Å²) in [6.07, 6.45) is 0. The molecule has 0 heteroatoms. The van der Waals surface area contributed by atoms with Crippen molar-refractivity contribution in [1.82, 2.24) is 0 Å². The van der Waals surface area contributed by atoms with E-state index in [-0.39, 0.29) is 0 Å². The van der Waals surface area contributed by atoms with Crippen molar-refractivity contribution >= 4 is 53.9 Å². The maximum atomic E-state index is 2.40. The van der Waals surface area contributed by atoms with Crippen molar-refractivity contribution in [1.29, 1.82) is 0 Å². The minimum atomic E-state index is 1.19. The van der Waals surface area contributed by atoms with Gasteiger partial charge in [0, 0.05) is 0 Å². The minimum absolute atomic E-state index is 1.19. The average molecular weight is 861 g/mol. The van der Waals surface area contributed by atoms with Crippen LogP contribution in [0.1, 0.15) is 0 Å². The van der Waals surface area contributed by atoms with Gasteiger partial charge in [0.25, 0.3) is 0 Å². The Balaban J connectivity index is 0.945. The summed E-state index contributed by atoms with van der Waals surface area (Å²) in [4.78, 5) is 0. The van der Waals surface area contributed by atoms with E-state index in [1.54, 1.807) is 0 Å². The summed E-state index contributed by atoms with van der Waals surface area (Å²) >= 11 is 0. The molecule has 0 fully saturated rings. The summed E-state index contributed by atoms with van der Waals surface area (Å²) < 4.78 is 0. The van der Waals surface area contributed by atoms with E-state index in [1.165, 1.54) is 132 Å². The van der Waals surface area contributed by atoms with Gasteiger partial charge in [-0.25, -0.2) is 0 Å². The summed E-state index contributed by atoms with van der Waals surface area (Å²) in [7, 11) is 0. The Bertz CT molecular complexity index is 3950. The highest BCUT2D eigenvalue weighted by atomic mass is 14.2. The lowest BCUT2D eigenvalue weighted by Crippen LogP contribution is -1.93. The fraction of sp³-hybridized carbons (Fsp3) is 0. The Morgan fingerprint density at radius 2 is 0.471 bits per heavy atom. The van der Waals surface area contributed by atoms with Crippen molar-refractivity contribution in [2.45, 2.75) is 0 Å². The van der Waals surface area contributed by atoms with Crippen LogP contribution < -0.4 is 0 Å². The van der Waals surface area contributed by atoms with E-state index >= 15 is 0 Å². The fourth-order valence-corrected chi connectivity index (χ4v) is 11.0. The highest BCUT2D eigenvalue weighted by Crippen LogP contribution is 2.48. The molecule has 68 heavy (non-hydrogen) atoms. The zero-order valence-electron chi connectivity index (χ0n) is 37.4. The second-order valence-electron chi connectivity index (χ2n) is 17.9. The van der Waals surface area contributed by atoms with Crippen LogP contribution >= 0.6 is 0 Å². The van der Waals surface area contributed by atoms with Gasteiger partial charge in [0.05, 0.1) is 0 Å². The number of fused-ring (bicyclic) bond motifs is 5. The van der Waals surface area contributed by atoms with Gasteiger partial charge in [-0.3, -0.25) is 0 Å². The van der Waals surface area contributed by atoms with Gasteiger partial charge in [0.1, 0.15) is 0 Å². The summed E-state index contributed by atoms with van der Waals surface area (Å²) in [5, 5.41) is 12.5. The summed E-state index contributed by atoms with van der Waals surface area (Å²) in [5.41, 5.74) is 17.2. The minimum Gasteiger partial charge on any atom is -0.0622 e. The molecule has 13 rings (SSSR count). The Hall–Kier alpha value is -8.84. The first kappa shape index (κ1) is 39.5. The number of rotatable bonds is 7. The van der Waals surface area contributed by atoms with Crippen LogP contribution in [0.4, 0.5) is 0 Å². The summed E-state index contributed by atoms with van der Waals surface area (Å²) in [5.74, 6) is 0. The molecule has 0 aliphatic carbocycles. The first-order valence-corrected chi connectivity index (χ1v) is 23.6. The fourth-order valence-electron chi connectivity index (χ4n) is 11.0. The Morgan fingerprint density at radius 1 is 0.147 bits per heavy atom. The second kappa shape index (κ2) is 16.5. The molecule has 0 aromatic heterocycles. The Morgan fingerprint density at radius 3 is 0.971 bits per heavy atom. The van der Waals surface area contributed by atoms with Crippen molar-refractivity contribution in [3.8, 4) is 77.9 Å². The highest BCUT2D eigenvalue weighted by molar-refractivity contribution is 6.24. The predicted molar refractivity (Wildman–Crippen MR) is 292 cm³/mol. The van der Waals surface area contributed by atoms with E-state index in [0.717, 1.165) is 0 Å². The molecule has 0 radical (unpaired) electrons. The molecule has 0 heterocycles. The Labute approximate surface area is 396 Å². The van der Waals surface area contributed by atoms with Crippen LogP contribution in [0.25, 0.3) is 132 Å². The number of benzene rings is 13. The third kappa shape index (κ3) is 6.69. The lowest BCUT2D eigenvalue weighted by molar-refractivity contribution is 1.58. The molecule has 0 aliphatic rings. The quantitative estimate of drug-likeness (QED) is 0.140. The molecule has 0 atom stereocenters. The van der Waals surface area contributed by atoms with E-state index in [2.05, 4.69) is 267 Å². The maximum Gasteiger partial charge on any atom is -0.00201 e. The molecule has 316 valence electrons. The van der Waals surface area contributed by atoms with Gasteiger partial charge in [-0.2, -0.15) is 0 Å². The predicted octanol–water partition coefficient (Wildman–Crippen LogP) is 19.1. The van der Waals surface area contributed by atoms with E-state index < -0.39 is 0 Å². The summed E-state index contributed by atoms with van der Waals surface area (Å²) in [6, 6.07) is 98.3. The monoisotopic (exact) mass is 860 g/mol. The zero-order valence-corrected chi connectivity index (χ0v) is 37.4. The van der Waals surface area contributed by atoms with Gasteiger partial charge in [-0.15, -0.1) is 0 Å². The van der Waals surface area contributed by atoms with E-state index in [9.17, 15) is 0 Å². The maximum absolute atomic E-state index is 2.40. The molecule has 0 unspecified atom stereocenters. The van der Waals surface area contributed by atoms with Gasteiger partial charge in [0.15, 0.2) is 0 Å². The molecule has 0 spiro atoms. The molecule has 0 aliphatic heterocycles. The lowest BCUT2D eigenvalue weighted by Gasteiger charge is -2.20. The first-order chi connectivity index (χ1) is 33.7. The van der Waals surface area contributed by atoms with E-state index in [0.29, 0.717) is 0 Å². The lowest BCUT2D eigenvalue weighted by atomic mass is 9.83. The normalized spacial score (nSPS) is 11.5. The molecule has 0 N–H and O–H groups in total. The van der Waals surface area contributed by atoms with Crippen LogP contribution in [0.15, 0.2) is 267 Å². The Kier molecular flexibility index (Phi) is 9.62. The second-order valence-corrected chi connectivity index (χ2v) is 17.9. The molecule has 13 aromatic carbocycles. The third-order valence-electron chi connectivity index (χ3n) is 14.0. The van der Waals surface area contributed by atoms with Gasteiger partial charge in [-0.1, -0.05) is 249 Å². The average Bonchev–Trinajstić information content (AvgIpc) is 3.42. The molecule has 0 bridgehead atoms. The van der Waals surface area contributed by atoms with Gasteiger partial charge < -0.3 is 0 Å². The largest absolute Gasteiger partial charge is 0.0622 e. The van der Waals surface area contributed by atoms with E-state index in [1.807, 2.05) is 0 Å².